The van der Waals surface area contributed by atoms with Gasteiger partial charge in [0.25, 0.3) is 0 Å². The van der Waals surface area contributed by atoms with Crippen molar-refractivity contribution in [2.24, 2.45) is 0 Å². The van der Waals surface area contributed by atoms with Crippen LogP contribution in [0.5, 0.6) is 11.6 Å². The minimum atomic E-state index is -0.0565. The first kappa shape index (κ1) is 10.4. The predicted molar refractivity (Wildman–Crippen MR) is 60.8 cm³/mol. The average Bonchev–Trinajstić information content (AvgIpc) is 2.31. The van der Waals surface area contributed by atoms with Gasteiger partial charge in [0, 0.05) is 6.20 Å². The summed E-state index contributed by atoms with van der Waals surface area (Å²) in [5.41, 5.74) is 0.492. The minimum absolute atomic E-state index is 0.0565. The summed E-state index contributed by atoms with van der Waals surface area (Å²) in [6.45, 7) is 1.49. The van der Waals surface area contributed by atoms with E-state index in [4.69, 9.17) is 4.74 Å². The smallest absolute Gasteiger partial charge is 0.230 e. The summed E-state index contributed by atoms with van der Waals surface area (Å²) < 4.78 is 5.54. The number of carbonyl (C=O) groups is 1. The normalized spacial score (nSPS) is 9.81. The number of ether oxygens (including phenoxy) is 1. The van der Waals surface area contributed by atoms with Crippen LogP contribution in [0, 0.1) is 0 Å². The maximum absolute atomic E-state index is 11.3. The zero-order valence-electron chi connectivity index (χ0n) is 8.88. The zero-order valence-corrected chi connectivity index (χ0v) is 8.88. The third-order valence-electron chi connectivity index (χ3n) is 2.11. The van der Waals surface area contributed by atoms with Gasteiger partial charge in [0.15, 0.2) is 5.78 Å². The van der Waals surface area contributed by atoms with Crippen LogP contribution in [0.1, 0.15) is 17.3 Å². The van der Waals surface area contributed by atoms with E-state index in [1.165, 1.54) is 6.92 Å². The molecule has 2 aromatic rings. The maximum atomic E-state index is 11.3. The fraction of sp³-hybridized carbons (Fsp3) is 0.0769. The molecule has 0 radical (unpaired) electrons. The van der Waals surface area contributed by atoms with Gasteiger partial charge in [0.1, 0.15) is 5.75 Å². The van der Waals surface area contributed by atoms with E-state index in [1.807, 2.05) is 30.3 Å². The highest BCUT2D eigenvalue weighted by Gasteiger charge is 2.09. The Labute approximate surface area is 93.7 Å². The number of nitrogens with zero attached hydrogens (tertiary/aromatic N) is 1. The Kier molecular flexibility index (Phi) is 2.96. The average molecular weight is 213 g/mol. The second kappa shape index (κ2) is 4.57. The Morgan fingerprint density at radius 3 is 2.56 bits per heavy atom. The lowest BCUT2D eigenvalue weighted by molar-refractivity contribution is 0.101. The molecule has 0 aliphatic heterocycles. The van der Waals surface area contributed by atoms with E-state index in [0.717, 1.165) is 0 Å². The third kappa shape index (κ3) is 2.25. The zero-order chi connectivity index (χ0) is 11.4. The van der Waals surface area contributed by atoms with Crippen LogP contribution in [-0.2, 0) is 0 Å². The molecule has 1 aromatic heterocycles. The van der Waals surface area contributed by atoms with Gasteiger partial charge in [-0.2, -0.15) is 0 Å². The Morgan fingerprint density at radius 1 is 1.12 bits per heavy atom. The standard InChI is InChI=1S/C13H11NO2/c1-10(15)12-8-5-9-14-13(12)16-11-6-3-2-4-7-11/h2-9H,1H3. The molecule has 0 aliphatic rings. The highest BCUT2D eigenvalue weighted by atomic mass is 16.5. The fourth-order valence-corrected chi connectivity index (χ4v) is 1.34. The number of benzene rings is 1. The Hall–Kier alpha value is -2.16. The van der Waals surface area contributed by atoms with Crippen LogP contribution in [-0.4, -0.2) is 10.8 Å². The molecule has 0 unspecified atom stereocenters. The van der Waals surface area contributed by atoms with Gasteiger partial charge < -0.3 is 4.74 Å². The number of hydrogen-bond acceptors (Lipinski definition) is 3. The Bertz CT molecular complexity index is 494. The first-order valence-electron chi connectivity index (χ1n) is 4.96. The second-order valence-corrected chi connectivity index (χ2v) is 3.33. The van der Waals surface area contributed by atoms with E-state index in [0.29, 0.717) is 17.2 Å². The quantitative estimate of drug-likeness (QED) is 0.735. The predicted octanol–water partition coefficient (Wildman–Crippen LogP) is 3.08. The van der Waals surface area contributed by atoms with Crippen molar-refractivity contribution in [3.63, 3.8) is 0 Å². The fourth-order valence-electron chi connectivity index (χ4n) is 1.34. The molecule has 0 amide bonds. The van der Waals surface area contributed by atoms with Crippen LogP contribution in [0.3, 0.4) is 0 Å². The van der Waals surface area contributed by atoms with Gasteiger partial charge >= 0.3 is 0 Å². The number of carbonyl (C=O) groups excluding carboxylic acids is 1. The Balaban J connectivity index is 2.31. The molecule has 2 rings (SSSR count). The molecule has 80 valence electrons. The lowest BCUT2D eigenvalue weighted by atomic mass is 10.2. The minimum Gasteiger partial charge on any atom is -0.438 e. The second-order valence-electron chi connectivity index (χ2n) is 3.33. The monoisotopic (exact) mass is 213 g/mol. The third-order valence-corrected chi connectivity index (χ3v) is 2.11. The van der Waals surface area contributed by atoms with Crippen molar-refractivity contribution >= 4 is 5.78 Å². The molecule has 0 atom stereocenters. The molecule has 1 aromatic carbocycles. The molecule has 3 nitrogen and oxygen atoms in total. The molecule has 0 saturated heterocycles. The highest BCUT2D eigenvalue weighted by Crippen LogP contribution is 2.22. The lowest BCUT2D eigenvalue weighted by Crippen LogP contribution is -1.98. The van der Waals surface area contributed by atoms with E-state index in [2.05, 4.69) is 4.98 Å². The lowest BCUT2D eigenvalue weighted by Gasteiger charge is -2.07. The topological polar surface area (TPSA) is 39.2 Å². The van der Waals surface area contributed by atoms with Gasteiger partial charge in [-0.3, -0.25) is 4.79 Å². The van der Waals surface area contributed by atoms with E-state index in [1.54, 1.807) is 18.3 Å². The first-order chi connectivity index (χ1) is 7.77. The SMILES string of the molecule is CC(=O)c1cccnc1Oc1ccccc1. The van der Waals surface area contributed by atoms with Crippen LogP contribution in [0.2, 0.25) is 0 Å². The molecule has 3 heteroatoms. The van der Waals surface area contributed by atoms with Gasteiger partial charge in [-0.05, 0) is 31.2 Å². The summed E-state index contributed by atoms with van der Waals surface area (Å²) >= 11 is 0. The van der Waals surface area contributed by atoms with Crippen LogP contribution in [0.25, 0.3) is 0 Å². The van der Waals surface area contributed by atoms with Gasteiger partial charge in [-0.1, -0.05) is 18.2 Å². The van der Waals surface area contributed by atoms with Gasteiger partial charge in [0.2, 0.25) is 5.88 Å². The molecule has 0 saturated carbocycles. The summed E-state index contributed by atoms with van der Waals surface area (Å²) in [5.74, 6) is 0.962. The molecule has 0 bridgehead atoms. The summed E-state index contributed by atoms with van der Waals surface area (Å²) in [6, 6.07) is 12.7. The summed E-state index contributed by atoms with van der Waals surface area (Å²) in [7, 11) is 0. The molecule has 0 N–H and O–H groups in total. The maximum Gasteiger partial charge on any atom is 0.230 e. The first-order valence-corrected chi connectivity index (χ1v) is 4.96. The largest absolute Gasteiger partial charge is 0.438 e. The molecule has 16 heavy (non-hydrogen) atoms. The van der Waals surface area contributed by atoms with E-state index in [9.17, 15) is 4.79 Å². The van der Waals surface area contributed by atoms with Crippen molar-refractivity contribution in [2.45, 2.75) is 6.92 Å². The molecular formula is C13H11NO2. The van der Waals surface area contributed by atoms with Gasteiger partial charge in [0.05, 0.1) is 5.56 Å². The molecule has 0 aliphatic carbocycles. The van der Waals surface area contributed by atoms with Crippen molar-refractivity contribution in [1.82, 2.24) is 4.98 Å². The van der Waals surface area contributed by atoms with Crippen LogP contribution in [0.15, 0.2) is 48.7 Å². The van der Waals surface area contributed by atoms with Crippen LogP contribution in [0.4, 0.5) is 0 Å². The Morgan fingerprint density at radius 2 is 1.88 bits per heavy atom. The van der Waals surface area contributed by atoms with Crippen LogP contribution < -0.4 is 4.74 Å². The number of ketones is 1. The van der Waals surface area contributed by atoms with E-state index < -0.39 is 0 Å². The van der Waals surface area contributed by atoms with E-state index in [-0.39, 0.29) is 5.78 Å². The number of hydrogen-bond donors (Lipinski definition) is 0. The van der Waals surface area contributed by atoms with Gasteiger partial charge in [-0.25, -0.2) is 4.98 Å². The van der Waals surface area contributed by atoms with Gasteiger partial charge in [-0.15, -0.1) is 0 Å². The summed E-state index contributed by atoms with van der Waals surface area (Å²) in [5, 5.41) is 0. The number of aromatic nitrogens is 1. The summed E-state index contributed by atoms with van der Waals surface area (Å²) in [4.78, 5) is 15.4. The van der Waals surface area contributed by atoms with Crippen LogP contribution >= 0.6 is 0 Å². The van der Waals surface area contributed by atoms with Crippen molar-refractivity contribution in [3.05, 3.63) is 54.2 Å². The van der Waals surface area contributed by atoms with E-state index >= 15 is 0 Å². The number of Topliss-reactive ketones (excluding diaryl/α,β-unsaturated/α-hetero) is 1. The molecule has 0 fully saturated rings. The van der Waals surface area contributed by atoms with Crippen molar-refractivity contribution in [3.8, 4) is 11.6 Å². The highest BCUT2D eigenvalue weighted by molar-refractivity contribution is 5.96. The number of para-hydroxylation sites is 1. The van der Waals surface area contributed by atoms with Crippen molar-refractivity contribution in [2.75, 3.05) is 0 Å². The molecule has 0 spiro atoms. The van der Waals surface area contributed by atoms with Crippen molar-refractivity contribution < 1.29 is 9.53 Å². The summed E-state index contributed by atoms with van der Waals surface area (Å²) in [6.07, 6.45) is 1.60. The van der Waals surface area contributed by atoms with Crippen molar-refractivity contribution in [1.29, 1.82) is 0 Å². The number of rotatable bonds is 3. The molecule has 1 heterocycles. The molecular weight excluding hydrogens is 202 g/mol. The number of pyridine rings is 1.